The van der Waals surface area contributed by atoms with Gasteiger partial charge in [-0.15, -0.1) is 0 Å². The van der Waals surface area contributed by atoms with Crippen LogP contribution in [0.3, 0.4) is 0 Å². The summed E-state index contributed by atoms with van der Waals surface area (Å²) in [6, 6.07) is 3.74. The Bertz CT molecular complexity index is 977. The van der Waals surface area contributed by atoms with Crippen molar-refractivity contribution in [2.24, 2.45) is 14.1 Å². The highest BCUT2D eigenvalue weighted by molar-refractivity contribution is 5.75. The van der Waals surface area contributed by atoms with Crippen LogP contribution >= 0.6 is 0 Å². The lowest BCUT2D eigenvalue weighted by Gasteiger charge is -2.13. The molecule has 0 saturated carbocycles. The first-order valence-electron chi connectivity index (χ1n) is 7.01. The van der Waals surface area contributed by atoms with Crippen molar-refractivity contribution in [3.05, 3.63) is 45.0 Å². The molecule has 3 aromatic rings. The molecule has 0 aromatic carbocycles. The molecule has 22 heavy (non-hydrogen) atoms. The molecule has 0 N–H and O–H groups in total. The average molecular weight is 301 g/mol. The van der Waals surface area contributed by atoms with Crippen LogP contribution in [0.25, 0.3) is 11.2 Å². The molecular weight excluding hydrogens is 286 g/mol. The number of fused-ring (bicyclic) bond motifs is 3. The van der Waals surface area contributed by atoms with Crippen molar-refractivity contribution < 1.29 is 4.42 Å². The Morgan fingerprint density at radius 2 is 2.05 bits per heavy atom. The van der Waals surface area contributed by atoms with Gasteiger partial charge in [0.25, 0.3) is 5.56 Å². The average Bonchev–Trinajstić information content (AvgIpc) is 3.21. The SMILES string of the molecule is Cn1c(=O)c2c(nc3n2CCN3Cc2ccco2)n(C)c1=O. The first kappa shape index (κ1) is 12.9. The third-order valence-electron chi connectivity index (χ3n) is 4.13. The van der Waals surface area contributed by atoms with Gasteiger partial charge in [-0.3, -0.25) is 13.9 Å². The first-order chi connectivity index (χ1) is 10.6. The lowest BCUT2D eigenvalue weighted by molar-refractivity contribution is 0.504. The number of aromatic nitrogens is 4. The van der Waals surface area contributed by atoms with Crippen molar-refractivity contribution in [1.82, 2.24) is 18.7 Å². The van der Waals surface area contributed by atoms with Crippen LogP contribution in [0.15, 0.2) is 32.4 Å². The molecule has 1 aliphatic heterocycles. The quantitative estimate of drug-likeness (QED) is 0.668. The van der Waals surface area contributed by atoms with Crippen molar-refractivity contribution in [2.45, 2.75) is 13.1 Å². The van der Waals surface area contributed by atoms with E-state index in [1.165, 1.54) is 11.6 Å². The van der Waals surface area contributed by atoms with Crippen molar-refractivity contribution >= 4 is 17.1 Å². The maximum Gasteiger partial charge on any atom is 0.332 e. The summed E-state index contributed by atoms with van der Waals surface area (Å²) in [6.45, 7) is 2.01. The number of rotatable bonds is 2. The smallest absolute Gasteiger partial charge is 0.332 e. The van der Waals surface area contributed by atoms with Crippen molar-refractivity contribution in [3.8, 4) is 0 Å². The van der Waals surface area contributed by atoms with Gasteiger partial charge in [0, 0.05) is 27.2 Å². The summed E-state index contributed by atoms with van der Waals surface area (Å²) >= 11 is 0. The highest BCUT2D eigenvalue weighted by atomic mass is 16.3. The molecule has 8 nitrogen and oxygen atoms in total. The molecule has 0 bridgehead atoms. The number of aryl methyl sites for hydroxylation is 1. The molecule has 4 rings (SSSR count). The van der Waals surface area contributed by atoms with E-state index in [1.54, 1.807) is 13.3 Å². The molecule has 0 spiro atoms. The van der Waals surface area contributed by atoms with Crippen molar-refractivity contribution in [3.63, 3.8) is 0 Å². The molecule has 0 aliphatic carbocycles. The van der Waals surface area contributed by atoms with Gasteiger partial charge in [0.1, 0.15) is 5.76 Å². The van der Waals surface area contributed by atoms with Crippen molar-refractivity contribution in [1.29, 1.82) is 0 Å². The summed E-state index contributed by atoms with van der Waals surface area (Å²) < 4.78 is 9.77. The molecule has 0 atom stereocenters. The summed E-state index contributed by atoms with van der Waals surface area (Å²) in [4.78, 5) is 31.0. The minimum absolute atomic E-state index is 0.309. The van der Waals surface area contributed by atoms with E-state index in [4.69, 9.17) is 4.42 Å². The number of nitrogens with zero attached hydrogens (tertiary/aromatic N) is 5. The Kier molecular flexibility index (Phi) is 2.56. The van der Waals surface area contributed by atoms with Gasteiger partial charge in [0.2, 0.25) is 5.95 Å². The minimum Gasteiger partial charge on any atom is -0.467 e. The van der Waals surface area contributed by atoms with Crippen LogP contribution in [0.2, 0.25) is 0 Å². The largest absolute Gasteiger partial charge is 0.467 e. The van der Waals surface area contributed by atoms with Crippen LogP contribution < -0.4 is 16.1 Å². The number of furan rings is 1. The minimum atomic E-state index is -0.369. The fourth-order valence-electron chi connectivity index (χ4n) is 2.95. The Balaban J connectivity index is 1.91. The highest BCUT2D eigenvalue weighted by Crippen LogP contribution is 2.26. The number of imidazole rings is 1. The van der Waals surface area contributed by atoms with Gasteiger partial charge in [0.05, 0.1) is 12.8 Å². The molecule has 8 heteroatoms. The predicted octanol–water partition coefficient (Wildman–Crippen LogP) is 0.0469. The zero-order valence-electron chi connectivity index (χ0n) is 12.3. The van der Waals surface area contributed by atoms with Gasteiger partial charge < -0.3 is 13.9 Å². The Morgan fingerprint density at radius 1 is 1.23 bits per heavy atom. The van der Waals surface area contributed by atoms with Crippen LogP contribution in [0.1, 0.15) is 5.76 Å². The number of hydrogen-bond donors (Lipinski definition) is 0. The molecule has 0 saturated heterocycles. The van der Waals surface area contributed by atoms with Crippen LogP contribution in [0.4, 0.5) is 5.95 Å². The summed E-state index contributed by atoms with van der Waals surface area (Å²) in [5.74, 6) is 1.53. The maximum absolute atomic E-state index is 12.4. The normalized spacial score (nSPS) is 14.0. The summed E-state index contributed by atoms with van der Waals surface area (Å²) in [5, 5.41) is 0. The van der Waals surface area contributed by atoms with Gasteiger partial charge in [-0.25, -0.2) is 4.79 Å². The highest BCUT2D eigenvalue weighted by Gasteiger charge is 2.27. The topological polar surface area (TPSA) is 78.2 Å². The van der Waals surface area contributed by atoms with Crippen LogP contribution in [-0.2, 0) is 27.2 Å². The fraction of sp³-hybridized carbons (Fsp3) is 0.357. The maximum atomic E-state index is 12.4. The molecule has 0 unspecified atom stereocenters. The third-order valence-corrected chi connectivity index (χ3v) is 4.13. The zero-order valence-corrected chi connectivity index (χ0v) is 12.3. The number of hydrogen-bond acceptors (Lipinski definition) is 5. The lowest BCUT2D eigenvalue weighted by Crippen LogP contribution is -2.37. The van der Waals surface area contributed by atoms with E-state index in [0.717, 1.165) is 16.9 Å². The summed E-state index contributed by atoms with van der Waals surface area (Å²) in [6.07, 6.45) is 1.63. The molecule has 0 fully saturated rings. The summed E-state index contributed by atoms with van der Waals surface area (Å²) in [7, 11) is 3.11. The fourth-order valence-corrected chi connectivity index (χ4v) is 2.95. The molecular formula is C14H15N5O3. The van der Waals surface area contributed by atoms with Gasteiger partial charge >= 0.3 is 5.69 Å². The van der Waals surface area contributed by atoms with E-state index >= 15 is 0 Å². The second-order valence-corrected chi connectivity index (χ2v) is 5.44. The van der Waals surface area contributed by atoms with Crippen LogP contribution in [0.5, 0.6) is 0 Å². The van der Waals surface area contributed by atoms with Gasteiger partial charge in [-0.05, 0) is 12.1 Å². The Morgan fingerprint density at radius 3 is 2.77 bits per heavy atom. The third kappa shape index (κ3) is 1.60. The van der Waals surface area contributed by atoms with E-state index < -0.39 is 0 Å². The van der Waals surface area contributed by atoms with E-state index in [1.807, 2.05) is 21.6 Å². The standard InChI is InChI=1S/C14H15N5O3/c1-16-11-10(12(20)17(2)14(16)21)19-6-5-18(13(19)15-11)8-9-4-3-7-22-9/h3-4,7H,5-6,8H2,1-2H3. The second kappa shape index (κ2) is 4.36. The summed E-state index contributed by atoms with van der Waals surface area (Å²) in [5.41, 5.74) is 0.220. The van der Waals surface area contributed by atoms with E-state index in [0.29, 0.717) is 30.2 Å². The molecule has 114 valence electrons. The van der Waals surface area contributed by atoms with Crippen molar-refractivity contribution in [2.75, 3.05) is 11.4 Å². The monoisotopic (exact) mass is 301 g/mol. The van der Waals surface area contributed by atoms with E-state index in [9.17, 15) is 9.59 Å². The Hall–Kier alpha value is -2.77. The van der Waals surface area contributed by atoms with Crippen LogP contribution in [-0.4, -0.2) is 25.2 Å². The predicted molar refractivity (Wildman–Crippen MR) is 80.0 cm³/mol. The molecule has 3 aromatic heterocycles. The van der Waals surface area contributed by atoms with E-state index in [-0.39, 0.29) is 11.2 Å². The van der Waals surface area contributed by atoms with Crippen LogP contribution in [0, 0.1) is 0 Å². The van der Waals surface area contributed by atoms with Gasteiger partial charge in [0.15, 0.2) is 11.2 Å². The lowest BCUT2D eigenvalue weighted by atomic mass is 10.4. The molecule has 1 aliphatic rings. The molecule has 0 radical (unpaired) electrons. The van der Waals surface area contributed by atoms with Gasteiger partial charge in [-0.2, -0.15) is 4.98 Å². The Labute approximate surface area is 124 Å². The van der Waals surface area contributed by atoms with Gasteiger partial charge in [-0.1, -0.05) is 0 Å². The van der Waals surface area contributed by atoms with E-state index in [2.05, 4.69) is 4.98 Å². The molecule has 0 amide bonds. The molecule has 4 heterocycles. The number of anilines is 1. The zero-order chi connectivity index (χ0) is 15.4. The first-order valence-corrected chi connectivity index (χ1v) is 7.01. The second-order valence-electron chi connectivity index (χ2n) is 5.44.